The molecular weight excluding hydrogens is 256 g/mol. The van der Waals surface area contributed by atoms with Gasteiger partial charge in [0.15, 0.2) is 5.78 Å². The van der Waals surface area contributed by atoms with Crippen LogP contribution in [0.2, 0.25) is 0 Å². The van der Waals surface area contributed by atoms with Gasteiger partial charge in [-0.2, -0.15) is 0 Å². The Balaban J connectivity index is 2.18. The van der Waals surface area contributed by atoms with Crippen LogP contribution in [0.4, 0.5) is 11.4 Å². The first kappa shape index (κ1) is 14.5. The van der Waals surface area contributed by atoms with Gasteiger partial charge in [-0.25, -0.2) is 0 Å². The van der Waals surface area contributed by atoms with Crippen LogP contribution in [-0.2, 0) is 0 Å². The first-order chi connectivity index (χ1) is 9.47. The lowest BCUT2D eigenvalue weighted by Crippen LogP contribution is -2.25. The van der Waals surface area contributed by atoms with E-state index in [0.29, 0.717) is 11.3 Å². The summed E-state index contributed by atoms with van der Waals surface area (Å²) in [5, 5.41) is 14.4. The van der Waals surface area contributed by atoms with Crippen molar-refractivity contribution in [2.24, 2.45) is 5.92 Å². The molecule has 0 aliphatic heterocycles. The van der Waals surface area contributed by atoms with Crippen LogP contribution >= 0.6 is 0 Å². The fourth-order valence-electron chi connectivity index (χ4n) is 2.65. The van der Waals surface area contributed by atoms with Crippen molar-refractivity contribution in [2.75, 3.05) is 5.32 Å². The maximum absolute atomic E-state index is 11.3. The van der Waals surface area contributed by atoms with E-state index in [1.807, 2.05) is 0 Å². The van der Waals surface area contributed by atoms with Gasteiger partial charge in [-0.1, -0.05) is 6.92 Å². The lowest BCUT2D eigenvalue weighted by atomic mass is 9.87. The molecule has 2 rings (SSSR count). The molecule has 5 nitrogen and oxygen atoms in total. The highest BCUT2D eigenvalue weighted by Gasteiger charge is 2.22. The maximum atomic E-state index is 11.3. The summed E-state index contributed by atoms with van der Waals surface area (Å²) >= 11 is 0. The van der Waals surface area contributed by atoms with Gasteiger partial charge < -0.3 is 5.32 Å². The van der Waals surface area contributed by atoms with Crippen LogP contribution in [-0.4, -0.2) is 16.7 Å². The van der Waals surface area contributed by atoms with Gasteiger partial charge in [0.05, 0.1) is 4.92 Å². The summed E-state index contributed by atoms with van der Waals surface area (Å²) in [4.78, 5) is 22.0. The minimum atomic E-state index is -0.430. The number of benzene rings is 1. The van der Waals surface area contributed by atoms with Gasteiger partial charge in [0, 0.05) is 17.7 Å². The second-order valence-electron chi connectivity index (χ2n) is 5.65. The molecule has 0 spiro atoms. The summed E-state index contributed by atoms with van der Waals surface area (Å²) in [6, 6.07) is 4.93. The Hall–Kier alpha value is -1.91. The third kappa shape index (κ3) is 3.35. The Morgan fingerprint density at radius 1 is 1.30 bits per heavy atom. The summed E-state index contributed by atoms with van der Waals surface area (Å²) in [5.74, 6) is 0.578. The molecule has 0 bridgehead atoms. The maximum Gasteiger partial charge on any atom is 0.293 e. The Labute approximate surface area is 118 Å². The lowest BCUT2D eigenvalue weighted by molar-refractivity contribution is -0.384. The highest BCUT2D eigenvalue weighted by atomic mass is 16.6. The van der Waals surface area contributed by atoms with Crippen molar-refractivity contribution in [1.29, 1.82) is 0 Å². The van der Waals surface area contributed by atoms with Crippen molar-refractivity contribution in [2.45, 2.75) is 45.6 Å². The van der Waals surface area contributed by atoms with Crippen molar-refractivity contribution in [1.82, 2.24) is 0 Å². The summed E-state index contributed by atoms with van der Waals surface area (Å²) in [6.07, 6.45) is 4.37. The van der Waals surface area contributed by atoms with Crippen molar-refractivity contribution in [3.8, 4) is 0 Å². The number of ketones is 1. The molecule has 1 N–H and O–H groups in total. The van der Waals surface area contributed by atoms with Crippen LogP contribution in [0.3, 0.4) is 0 Å². The first-order valence-corrected chi connectivity index (χ1v) is 7.03. The molecule has 1 aromatic rings. The number of rotatable bonds is 4. The number of hydrogen-bond acceptors (Lipinski definition) is 4. The molecule has 0 amide bonds. The molecule has 0 radical (unpaired) electrons. The quantitative estimate of drug-likeness (QED) is 0.516. The predicted octanol–water partition coefficient (Wildman–Crippen LogP) is 3.79. The van der Waals surface area contributed by atoms with E-state index in [1.165, 1.54) is 13.0 Å². The number of nitro benzene ring substituents is 1. The second kappa shape index (κ2) is 6.03. The average molecular weight is 276 g/mol. The standard InChI is InChI=1S/C15H20N2O3/c1-10-3-6-13(7-4-10)16-14-8-5-12(11(2)18)9-15(14)17(19)20/h5,8-10,13,16H,3-4,6-7H2,1-2H3. The van der Waals surface area contributed by atoms with E-state index < -0.39 is 4.92 Å². The van der Waals surface area contributed by atoms with E-state index in [0.717, 1.165) is 31.6 Å². The van der Waals surface area contributed by atoms with Crippen molar-refractivity contribution in [3.05, 3.63) is 33.9 Å². The highest BCUT2D eigenvalue weighted by molar-refractivity contribution is 5.95. The molecule has 0 atom stereocenters. The van der Waals surface area contributed by atoms with Crippen LogP contribution in [0, 0.1) is 16.0 Å². The van der Waals surface area contributed by atoms with E-state index in [-0.39, 0.29) is 17.5 Å². The molecule has 0 heterocycles. The summed E-state index contributed by atoms with van der Waals surface area (Å²) in [6.45, 7) is 3.65. The van der Waals surface area contributed by atoms with Gasteiger partial charge in [-0.15, -0.1) is 0 Å². The monoisotopic (exact) mass is 276 g/mol. The van der Waals surface area contributed by atoms with E-state index in [4.69, 9.17) is 0 Å². The normalized spacial score (nSPS) is 22.3. The van der Waals surface area contributed by atoms with Crippen molar-refractivity contribution >= 4 is 17.2 Å². The fraction of sp³-hybridized carbons (Fsp3) is 0.533. The number of nitrogens with zero attached hydrogens (tertiary/aromatic N) is 1. The van der Waals surface area contributed by atoms with Crippen LogP contribution in [0.15, 0.2) is 18.2 Å². The van der Waals surface area contributed by atoms with Crippen molar-refractivity contribution in [3.63, 3.8) is 0 Å². The van der Waals surface area contributed by atoms with E-state index in [1.54, 1.807) is 12.1 Å². The molecular formula is C15H20N2O3. The zero-order valence-corrected chi connectivity index (χ0v) is 11.9. The molecule has 1 aliphatic carbocycles. The number of nitrogens with one attached hydrogen (secondary N) is 1. The van der Waals surface area contributed by atoms with Crippen LogP contribution in [0.25, 0.3) is 0 Å². The molecule has 1 fully saturated rings. The predicted molar refractivity (Wildman–Crippen MR) is 78.1 cm³/mol. The van der Waals surface area contributed by atoms with Gasteiger partial charge in [0.2, 0.25) is 0 Å². The van der Waals surface area contributed by atoms with E-state index in [9.17, 15) is 14.9 Å². The molecule has 1 aromatic carbocycles. The van der Waals surface area contributed by atoms with Crippen molar-refractivity contribution < 1.29 is 9.72 Å². The number of hydrogen-bond donors (Lipinski definition) is 1. The van der Waals surface area contributed by atoms with Crippen LogP contribution in [0.5, 0.6) is 0 Å². The number of Topliss-reactive ketones (excluding diaryl/α,β-unsaturated/α-hetero) is 1. The molecule has 108 valence electrons. The molecule has 0 saturated heterocycles. The molecule has 0 unspecified atom stereocenters. The Kier molecular flexibility index (Phi) is 4.37. The molecule has 20 heavy (non-hydrogen) atoms. The van der Waals surface area contributed by atoms with Gasteiger partial charge >= 0.3 is 0 Å². The second-order valence-corrected chi connectivity index (χ2v) is 5.65. The SMILES string of the molecule is CC(=O)c1ccc(NC2CCC(C)CC2)c([N+](=O)[O-])c1. The van der Waals surface area contributed by atoms with Crippen LogP contribution < -0.4 is 5.32 Å². The van der Waals surface area contributed by atoms with E-state index >= 15 is 0 Å². The molecule has 0 aromatic heterocycles. The summed E-state index contributed by atoms with van der Waals surface area (Å²) in [5.41, 5.74) is 0.871. The van der Waals surface area contributed by atoms with Gasteiger partial charge in [-0.05, 0) is 50.7 Å². The van der Waals surface area contributed by atoms with Gasteiger partial charge in [0.25, 0.3) is 5.69 Å². The third-order valence-electron chi connectivity index (χ3n) is 3.98. The average Bonchev–Trinajstić information content (AvgIpc) is 2.41. The topological polar surface area (TPSA) is 72.2 Å². The van der Waals surface area contributed by atoms with E-state index in [2.05, 4.69) is 12.2 Å². The number of carbonyl (C=O) groups excluding carboxylic acids is 1. The Morgan fingerprint density at radius 2 is 1.95 bits per heavy atom. The molecule has 5 heteroatoms. The zero-order valence-electron chi connectivity index (χ0n) is 11.9. The van der Waals surface area contributed by atoms with Gasteiger partial charge in [0.1, 0.15) is 5.69 Å². The highest BCUT2D eigenvalue weighted by Crippen LogP contribution is 2.31. The minimum absolute atomic E-state index is 0.0173. The number of anilines is 1. The fourth-order valence-corrected chi connectivity index (χ4v) is 2.65. The minimum Gasteiger partial charge on any atom is -0.377 e. The summed E-state index contributed by atoms with van der Waals surface area (Å²) < 4.78 is 0. The molecule has 1 saturated carbocycles. The number of nitro groups is 1. The summed E-state index contributed by atoms with van der Waals surface area (Å²) in [7, 11) is 0. The Bertz CT molecular complexity index is 520. The Morgan fingerprint density at radius 3 is 2.50 bits per heavy atom. The smallest absolute Gasteiger partial charge is 0.293 e. The zero-order chi connectivity index (χ0) is 14.7. The number of carbonyl (C=O) groups is 1. The first-order valence-electron chi connectivity index (χ1n) is 7.03. The van der Waals surface area contributed by atoms with Crippen LogP contribution in [0.1, 0.15) is 49.9 Å². The van der Waals surface area contributed by atoms with Gasteiger partial charge in [-0.3, -0.25) is 14.9 Å². The largest absolute Gasteiger partial charge is 0.377 e. The lowest BCUT2D eigenvalue weighted by Gasteiger charge is -2.27. The molecule has 1 aliphatic rings. The third-order valence-corrected chi connectivity index (χ3v) is 3.98.